The number of hydrogen-bond donors (Lipinski definition) is 0. The monoisotopic (exact) mass is 168 g/mol. The molecule has 0 saturated carbocycles. The molecule has 0 bridgehead atoms. The Bertz CT molecular complexity index is 131. The van der Waals surface area contributed by atoms with Crippen LogP contribution in [0.4, 0.5) is 0 Å². The van der Waals surface area contributed by atoms with Gasteiger partial charge in [0.05, 0.1) is 5.76 Å². The first kappa shape index (κ1) is 8.79. The van der Waals surface area contributed by atoms with Crippen LogP contribution in [0.3, 0.4) is 0 Å². The maximum Gasteiger partial charge on any atom is 0.344 e. The molecular weight excluding hydrogens is 163 g/mol. The van der Waals surface area contributed by atoms with E-state index in [-0.39, 0.29) is 5.76 Å². The van der Waals surface area contributed by atoms with Gasteiger partial charge in [0, 0.05) is 0 Å². The van der Waals surface area contributed by atoms with Crippen molar-refractivity contribution in [2.24, 2.45) is 0 Å². The summed E-state index contributed by atoms with van der Waals surface area (Å²) in [6, 6.07) is 0. The first-order valence-electron chi connectivity index (χ1n) is 2.19. The quantitative estimate of drug-likeness (QED) is 0.358. The molecule has 0 N–H and O–H groups in total. The number of esters is 1. The van der Waals surface area contributed by atoms with Crippen molar-refractivity contribution in [1.29, 1.82) is 0 Å². The summed E-state index contributed by atoms with van der Waals surface area (Å²) in [7, 11) is 0. The fourth-order valence-electron chi connectivity index (χ4n) is 0.216. The third-order valence-electron chi connectivity index (χ3n) is 0.453. The maximum absolute atomic E-state index is 10.4. The largest absolute Gasteiger partial charge is 0.430 e. The second kappa shape index (κ2) is 3.75. The van der Waals surface area contributed by atoms with Crippen molar-refractivity contribution < 1.29 is 9.53 Å². The van der Waals surface area contributed by atoms with Crippen molar-refractivity contribution in [3.63, 3.8) is 0 Å². The van der Waals surface area contributed by atoms with E-state index in [9.17, 15) is 4.79 Å². The predicted octanol–water partition coefficient (Wildman–Crippen LogP) is 1.87. The van der Waals surface area contributed by atoms with Crippen LogP contribution < -0.4 is 0 Å². The van der Waals surface area contributed by atoms with Crippen LogP contribution in [-0.2, 0) is 9.53 Å². The number of alkyl halides is 2. The fourth-order valence-corrected chi connectivity index (χ4v) is 0.305. The van der Waals surface area contributed by atoms with Crippen molar-refractivity contribution in [2.75, 3.05) is 0 Å². The summed E-state index contributed by atoms with van der Waals surface area (Å²) in [5.41, 5.74) is 0. The van der Waals surface area contributed by atoms with Crippen LogP contribution in [0.15, 0.2) is 12.3 Å². The van der Waals surface area contributed by atoms with E-state index in [1.165, 1.54) is 6.92 Å². The Morgan fingerprint density at radius 1 is 1.67 bits per heavy atom. The van der Waals surface area contributed by atoms with Gasteiger partial charge in [-0.1, -0.05) is 29.8 Å². The molecular formula is C5H6Cl2O2. The van der Waals surface area contributed by atoms with E-state index in [1.54, 1.807) is 0 Å². The lowest BCUT2D eigenvalue weighted by Crippen LogP contribution is -2.10. The lowest BCUT2D eigenvalue weighted by molar-refractivity contribution is -0.137. The molecule has 9 heavy (non-hydrogen) atoms. The van der Waals surface area contributed by atoms with Gasteiger partial charge in [-0.05, 0) is 6.92 Å². The molecule has 0 rings (SSSR count). The minimum absolute atomic E-state index is 0.284. The third-order valence-corrected chi connectivity index (χ3v) is 0.809. The molecule has 0 aromatic rings. The Hall–Kier alpha value is -0.210. The Morgan fingerprint density at radius 2 is 2.11 bits per heavy atom. The van der Waals surface area contributed by atoms with Crippen LogP contribution in [0, 0.1) is 0 Å². The first-order chi connectivity index (χ1) is 4.04. The lowest BCUT2D eigenvalue weighted by atomic mass is 10.6. The average Bonchev–Trinajstić information content (AvgIpc) is 1.63. The molecule has 0 aromatic heterocycles. The van der Waals surface area contributed by atoms with Gasteiger partial charge in [0.1, 0.15) is 0 Å². The molecule has 0 heterocycles. The van der Waals surface area contributed by atoms with Crippen molar-refractivity contribution in [3.8, 4) is 0 Å². The van der Waals surface area contributed by atoms with Gasteiger partial charge in [0.2, 0.25) is 4.84 Å². The molecule has 52 valence electrons. The number of hydrogen-bond acceptors (Lipinski definition) is 2. The minimum Gasteiger partial charge on any atom is -0.430 e. The molecule has 0 saturated heterocycles. The zero-order valence-electron chi connectivity index (χ0n) is 4.86. The molecule has 0 aliphatic rings. The van der Waals surface area contributed by atoms with Crippen molar-refractivity contribution in [2.45, 2.75) is 11.8 Å². The highest BCUT2D eigenvalue weighted by Crippen LogP contribution is 2.05. The summed E-state index contributed by atoms with van der Waals surface area (Å²) >= 11 is 10.2. The molecule has 0 atom stereocenters. The zero-order valence-corrected chi connectivity index (χ0v) is 6.37. The molecule has 0 amide bonds. The van der Waals surface area contributed by atoms with Crippen molar-refractivity contribution >= 4 is 29.2 Å². The predicted molar refractivity (Wildman–Crippen MR) is 36.4 cm³/mol. The minimum atomic E-state index is -1.12. The highest BCUT2D eigenvalue weighted by atomic mass is 35.5. The van der Waals surface area contributed by atoms with E-state index < -0.39 is 10.8 Å². The van der Waals surface area contributed by atoms with E-state index in [4.69, 9.17) is 23.2 Å². The standard InChI is InChI=1S/C5H6Cl2O2/c1-3(2)9-5(8)4(6)7/h4H,1H2,2H3. The number of carbonyl (C=O) groups is 1. The van der Waals surface area contributed by atoms with Crippen LogP contribution in [0.1, 0.15) is 6.92 Å². The Morgan fingerprint density at radius 3 is 2.22 bits per heavy atom. The van der Waals surface area contributed by atoms with E-state index in [1.807, 2.05) is 0 Å². The molecule has 4 heteroatoms. The number of rotatable bonds is 2. The average molecular weight is 169 g/mol. The maximum atomic E-state index is 10.4. The van der Waals surface area contributed by atoms with Gasteiger partial charge in [0.15, 0.2) is 0 Å². The smallest absolute Gasteiger partial charge is 0.344 e. The van der Waals surface area contributed by atoms with Crippen molar-refractivity contribution in [3.05, 3.63) is 12.3 Å². The van der Waals surface area contributed by atoms with Crippen molar-refractivity contribution in [1.82, 2.24) is 0 Å². The third kappa shape index (κ3) is 4.30. The Kier molecular flexibility index (Phi) is 3.66. The number of allylic oxidation sites excluding steroid dienone is 1. The van der Waals surface area contributed by atoms with Gasteiger partial charge in [0.25, 0.3) is 0 Å². The molecule has 2 nitrogen and oxygen atoms in total. The zero-order chi connectivity index (χ0) is 7.44. The summed E-state index contributed by atoms with van der Waals surface area (Å²) in [5.74, 6) is -0.405. The van der Waals surface area contributed by atoms with Gasteiger partial charge in [-0.2, -0.15) is 0 Å². The van der Waals surface area contributed by atoms with Crippen LogP contribution >= 0.6 is 23.2 Å². The van der Waals surface area contributed by atoms with E-state index in [0.717, 1.165) is 0 Å². The van der Waals surface area contributed by atoms with Crippen LogP contribution in [-0.4, -0.2) is 10.8 Å². The molecule has 0 unspecified atom stereocenters. The van der Waals surface area contributed by atoms with Crippen LogP contribution in [0.25, 0.3) is 0 Å². The second-order valence-corrected chi connectivity index (χ2v) is 2.52. The van der Waals surface area contributed by atoms with Gasteiger partial charge in [-0.25, -0.2) is 4.79 Å². The lowest BCUT2D eigenvalue weighted by Gasteiger charge is -2.00. The number of halogens is 2. The summed E-state index contributed by atoms with van der Waals surface area (Å²) in [6.45, 7) is 4.85. The van der Waals surface area contributed by atoms with Gasteiger partial charge < -0.3 is 4.74 Å². The summed E-state index contributed by atoms with van der Waals surface area (Å²) in [4.78, 5) is 9.28. The molecule has 0 aliphatic carbocycles. The van der Waals surface area contributed by atoms with Gasteiger partial charge in [-0.15, -0.1) is 0 Å². The second-order valence-electron chi connectivity index (χ2n) is 1.42. The van der Waals surface area contributed by atoms with Gasteiger partial charge >= 0.3 is 5.97 Å². The Labute approximate surface area is 63.4 Å². The van der Waals surface area contributed by atoms with E-state index >= 15 is 0 Å². The first-order valence-corrected chi connectivity index (χ1v) is 3.06. The fraction of sp³-hybridized carbons (Fsp3) is 0.400. The summed E-state index contributed by atoms with van der Waals surface area (Å²) < 4.78 is 4.41. The normalized spacial score (nSPS) is 9.33. The SMILES string of the molecule is C=C(C)OC(=O)C(Cl)Cl. The molecule has 0 radical (unpaired) electrons. The topological polar surface area (TPSA) is 26.3 Å². The number of ether oxygens (including phenoxy) is 1. The van der Waals surface area contributed by atoms with Gasteiger partial charge in [-0.3, -0.25) is 0 Å². The highest BCUT2D eigenvalue weighted by Gasteiger charge is 2.12. The molecule has 0 aliphatic heterocycles. The van der Waals surface area contributed by atoms with E-state index in [2.05, 4.69) is 11.3 Å². The summed E-state index contributed by atoms with van der Waals surface area (Å²) in [6.07, 6.45) is 0. The van der Waals surface area contributed by atoms with E-state index in [0.29, 0.717) is 0 Å². The number of carbonyl (C=O) groups excluding carboxylic acids is 1. The molecule has 0 fully saturated rings. The highest BCUT2D eigenvalue weighted by molar-refractivity contribution is 6.52. The molecule has 0 spiro atoms. The Balaban J connectivity index is 3.64. The molecule has 0 aromatic carbocycles. The summed E-state index contributed by atoms with van der Waals surface area (Å²) in [5, 5.41) is 0. The van der Waals surface area contributed by atoms with Crippen LogP contribution in [0.2, 0.25) is 0 Å². The van der Waals surface area contributed by atoms with Crippen LogP contribution in [0.5, 0.6) is 0 Å².